The summed E-state index contributed by atoms with van der Waals surface area (Å²) in [5.74, 6) is -1.53. The van der Waals surface area contributed by atoms with Gasteiger partial charge in [-0.15, -0.1) is 0 Å². The number of aliphatic hydroxyl groups excluding tert-OH is 2. The van der Waals surface area contributed by atoms with Crippen molar-refractivity contribution in [1.29, 1.82) is 0 Å². The van der Waals surface area contributed by atoms with Gasteiger partial charge in [-0.05, 0) is 30.2 Å². The van der Waals surface area contributed by atoms with Crippen molar-refractivity contribution in [2.75, 3.05) is 6.54 Å². The van der Waals surface area contributed by atoms with Crippen LogP contribution in [0.5, 0.6) is 0 Å². The molecular weight excluding hydrogens is 332 g/mol. The van der Waals surface area contributed by atoms with Gasteiger partial charge in [0.1, 0.15) is 24.3 Å². The minimum atomic E-state index is -1.60. The van der Waals surface area contributed by atoms with Gasteiger partial charge in [0.05, 0.1) is 6.10 Å². The van der Waals surface area contributed by atoms with E-state index in [0.717, 1.165) is 23.8 Å². The Morgan fingerprint density at radius 2 is 1.84 bits per heavy atom. The molecule has 0 radical (unpaired) electrons. The molecule has 2 unspecified atom stereocenters. The summed E-state index contributed by atoms with van der Waals surface area (Å²) in [7, 11) is 0. The van der Waals surface area contributed by atoms with E-state index < -0.39 is 29.9 Å². The maximum atomic E-state index is 13.6. The highest BCUT2D eigenvalue weighted by Gasteiger charge is 2.22. The number of carbonyl (C=O) groups excluding carboxylic acids is 1. The van der Waals surface area contributed by atoms with Crippen molar-refractivity contribution in [2.24, 2.45) is 0 Å². The predicted octanol–water partition coefficient (Wildman–Crippen LogP) is 2.68. The zero-order valence-corrected chi connectivity index (χ0v) is 13.4. The standard InChI is InChI=1S/C18H19F2NO4/c19-13-6-7-15(20)14(10-13)17(23)16(22)8-9-21-18(24)25-11-12-4-2-1-3-5-12/h1-7,10,16-17,22-23H,8-9,11H2,(H,21,24). The highest BCUT2D eigenvalue weighted by atomic mass is 19.1. The highest BCUT2D eigenvalue weighted by Crippen LogP contribution is 2.22. The van der Waals surface area contributed by atoms with Crippen LogP contribution in [-0.4, -0.2) is 29.0 Å². The first-order valence-electron chi connectivity index (χ1n) is 7.73. The maximum Gasteiger partial charge on any atom is 0.407 e. The minimum Gasteiger partial charge on any atom is -0.445 e. The molecule has 0 aliphatic heterocycles. The number of aliphatic hydroxyl groups is 2. The van der Waals surface area contributed by atoms with Crippen LogP contribution in [0.25, 0.3) is 0 Å². The van der Waals surface area contributed by atoms with Gasteiger partial charge >= 0.3 is 6.09 Å². The summed E-state index contributed by atoms with van der Waals surface area (Å²) < 4.78 is 31.7. The fourth-order valence-electron chi connectivity index (χ4n) is 2.20. The normalized spacial score (nSPS) is 13.1. The molecule has 0 spiro atoms. The first-order valence-corrected chi connectivity index (χ1v) is 7.73. The second-order valence-corrected chi connectivity index (χ2v) is 5.46. The molecule has 0 aliphatic carbocycles. The maximum absolute atomic E-state index is 13.6. The number of benzene rings is 2. The number of hydrogen-bond acceptors (Lipinski definition) is 4. The Bertz CT molecular complexity index is 697. The van der Waals surface area contributed by atoms with Crippen LogP contribution in [0.2, 0.25) is 0 Å². The molecule has 0 saturated carbocycles. The molecule has 0 saturated heterocycles. The average molecular weight is 351 g/mol. The van der Waals surface area contributed by atoms with E-state index in [0.29, 0.717) is 0 Å². The SMILES string of the molecule is O=C(NCCC(O)C(O)c1cc(F)ccc1F)OCc1ccccc1. The first kappa shape index (κ1) is 18.8. The molecule has 0 aromatic heterocycles. The Labute approximate surface area is 143 Å². The first-order chi connectivity index (χ1) is 12.0. The van der Waals surface area contributed by atoms with Crippen LogP contribution in [0.4, 0.5) is 13.6 Å². The van der Waals surface area contributed by atoms with Gasteiger partial charge < -0.3 is 20.3 Å². The van der Waals surface area contributed by atoms with Gasteiger partial charge in [0.2, 0.25) is 0 Å². The van der Waals surface area contributed by atoms with Crippen molar-refractivity contribution in [3.05, 3.63) is 71.3 Å². The number of rotatable bonds is 7. The summed E-state index contributed by atoms with van der Waals surface area (Å²) in [6.07, 6.45) is -3.71. The largest absolute Gasteiger partial charge is 0.445 e. The lowest BCUT2D eigenvalue weighted by atomic mass is 10.0. The number of ether oxygens (including phenoxy) is 1. The van der Waals surface area contributed by atoms with Crippen LogP contribution >= 0.6 is 0 Å². The van der Waals surface area contributed by atoms with Crippen molar-refractivity contribution in [2.45, 2.75) is 25.2 Å². The van der Waals surface area contributed by atoms with Gasteiger partial charge in [0, 0.05) is 12.1 Å². The van der Waals surface area contributed by atoms with Crippen LogP contribution in [0.1, 0.15) is 23.7 Å². The summed E-state index contributed by atoms with van der Waals surface area (Å²) in [6.45, 7) is 0.106. The molecule has 0 aliphatic rings. The molecule has 0 heterocycles. The predicted molar refractivity (Wildman–Crippen MR) is 86.6 cm³/mol. The fraction of sp³-hybridized carbons (Fsp3) is 0.278. The number of carbonyl (C=O) groups is 1. The number of halogens is 2. The van der Waals surface area contributed by atoms with Crippen molar-refractivity contribution >= 4 is 6.09 Å². The lowest BCUT2D eigenvalue weighted by Crippen LogP contribution is -2.30. The molecule has 2 aromatic rings. The Balaban J connectivity index is 1.75. The minimum absolute atomic E-state index is 0.00276. The molecular formula is C18H19F2NO4. The molecule has 1 amide bonds. The lowest BCUT2D eigenvalue weighted by molar-refractivity contribution is 0.0114. The van der Waals surface area contributed by atoms with Crippen LogP contribution in [0, 0.1) is 11.6 Å². The van der Waals surface area contributed by atoms with Gasteiger partial charge in [-0.25, -0.2) is 13.6 Å². The summed E-state index contributed by atoms with van der Waals surface area (Å²) in [4.78, 5) is 11.5. The molecule has 25 heavy (non-hydrogen) atoms. The second kappa shape index (κ2) is 9.10. The van der Waals surface area contributed by atoms with E-state index in [9.17, 15) is 23.8 Å². The molecule has 7 heteroatoms. The molecule has 2 aromatic carbocycles. The zero-order chi connectivity index (χ0) is 18.2. The van der Waals surface area contributed by atoms with E-state index in [4.69, 9.17) is 4.74 Å². The van der Waals surface area contributed by atoms with E-state index >= 15 is 0 Å². The number of hydrogen-bond donors (Lipinski definition) is 3. The molecule has 0 fully saturated rings. The highest BCUT2D eigenvalue weighted by molar-refractivity contribution is 5.67. The Morgan fingerprint density at radius 3 is 2.56 bits per heavy atom. The Hall–Kier alpha value is -2.51. The zero-order valence-electron chi connectivity index (χ0n) is 13.4. The van der Waals surface area contributed by atoms with Gasteiger partial charge in [-0.2, -0.15) is 0 Å². The van der Waals surface area contributed by atoms with E-state index in [-0.39, 0.29) is 25.1 Å². The molecule has 134 valence electrons. The molecule has 2 atom stereocenters. The summed E-state index contributed by atoms with van der Waals surface area (Å²) >= 11 is 0. The summed E-state index contributed by atoms with van der Waals surface area (Å²) in [5.41, 5.74) is 0.494. The van der Waals surface area contributed by atoms with Crippen molar-refractivity contribution in [3.8, 4) is 0 Å². The molecule has 5 nitrogen and oxygen atoms in total. The van der Waals surface area contributed by atoms with Crippen LogP contribution in [0.15, 0.2) is 48.5 Å². The second-order valence-electron chi connectivity index (χ2n) is 5.46. The summed E-state index contributed by atoms with van der Waals surface area (Å²) in [5, 5.41) is 22.2. The van der Waals surface area contributed by atoms with Crippen LogP contribution in [0.3, 0.4) is 0 Å². The Kier molecular flexibility index (Phi) is 6.85. The van der Waals surface area contributed by atoms with Gasteiger partial charge in [-0.1, -0.05) is 30.3 Å². The van der Waals surface area contributed by atoms with E-state index in [1.807, 2.05) is 18.2 Å². The van der Waals surface area contributed by atoms with Crippen molar-refractivity contribution < 1.29 is 28.5 Å². The van der Waals surface area contributed by atoms with Gasteiger partial charge in [0.15, 0.2) is 0 Å². The third-order valence-electron chi connectivity index (χ3n) is 3.56. The third-order valence-corrected chi connectivity index (χ3v) is 3.56. The summed E-state index contributed by atoms with van der Waals surface area (Å²) in [6, 6.07) is 11.7. The van der Waals surface area contributed by atoms with Gasteiger partial charge in [-0.3, -0.25) is 0 Å². The third kappa shape index (κ3) is 5.81. The van der Waals surface area contributed by atoms with Gasteiger partial charge in [0.25, 0.3) is 0 Å². The number of alkyl carbamates (subject to hydrolysis) is 1. The molecule has 3 N–H and O–H groups in total. The topological polar surface area (TPSA) is 78.8 Å². The van der Waals surface area contributed by atoms with E-state index in [1.54, 1.807) is 12.1 Å². The van der Waals surface area contributed by atoms with Crippen molar-refractivity contribution in [1.82, 2.24) is 5.32 Å². The quantitative estimate of drug-likeness (QED) is 0.717. The number of nitrogens with one attached hydrogen (secondary N) is 1. The Morgan fingerprint density at radius 1 is 1.12 bits per heavy atom. The molecule has 0 bridgehead atoms. The van der Waals surface area contributed by atoms with Crippen LogP contribution < -0.4 is 5.32 Å². The van der Waals surface area contributed by atoms with Crippen molar-refractivity contribution in [3.63, 3.8) is 0 Å². The number of amides is 1. The fourth-order valence-corrected chi connectivity index (χ4v) is 2.20. The average Bonchev–Trinajstić information content (AvgIpc) is 2.62. The lowest BCUT2D eigenvalue weighted by Gasteiger charge is -2.19. The van der Waals surface area contributed by atoms with E-state index in [1.165, 1.54) is 0 Å². The smallest absolute Gasteiger partial charge is 0.407 e. The van der Waals surface area contributed by atoms with E-state index in [2.05, 4.69) is 5.32 Å². The monoisotopic (exact) mass is 351 g/mol. The van der Waals surface area contributed by atoms with Crippen LogP contribution in [-0.2, 0) is 11.3 Å². The molecule has 2 rings (SSSR count).